The van der Waals surface area contributed by atoms with Crippen molar-refractivity contribution in [1.29, 1.82) is 0 Å². The van der Waals surface area contributed by atoms with E-state index in [1.54, 1.807) is 0 Å². The van der Waals surface area contributed by atoms with Crippen molar-refractivity contribution in [3.8, 4) is 0 Å². The predicted molar refractivity (Wildman–Crippen MR) is 127 cm³/mol. The van der Waals surface area contributed by atoms with E-state index in [1.165, 1.54) is 5.56 Å². The van der Waals surface area contributed by atoms with E-state index in [1.807, 2.05) is 14.0 Å². The van der Waals surface area contributed by atoms with Crippen molar-refractivity contribution in [2.24, 2.45) is 4.99 Å². The van der Waals surface area contributed by atoms with Gasteiger partial charge in [0.1, 0.15) is 0 Å². The molecule has 2 unspecified atom stereocenters. The lowest BCUT2D eigenvalue weighted by Gasteiger charge is -2.38. The number of guanidine groups is 1. The molecule has 160 valence electrons. The number of aromatic nitrogens is 2. The van der Waals surface area contributed by atoms with Gasteiger partial charge >= 0.3 is 0 Å². The first kappa shape index (κ1) is 23.6. The van der Waals surface area contributed by atoms with Crippen LogP contribution in [-0.4, -0.2) is 53.2 Å². The molecule has 0 saturated carbocycles. The zero-order valence-corrected chi connectivity index (χ0v) is 19.9. The molecule has 2 atom stereocenters. The molecular weight excluding hydrogens is 479 g/mol. The highest BCUT2D eigenvalue weighted by Gasteiger charge is 2.25. The molecule has 0 aliphatic carbocycles. The van der Waals surface area contributed by atoms with Gasteiger partial charge in [0.25, 0.3) is 0 Å². The van der Waals surface area contributed by atoms with Gasteiger partial charge in [0.15, 0.2) is 11.8 Å². The van der Waals surface area contributed by atoms with Crippen molar-refractivity contribution in [2.45, 2.75) is 58.2 Å². The van der Waals surface area contributed by atoms with Gasteiger partial charge < -0.3 is 15.2 Å². The number of rotatable bonds is 7. The first-order valence-corrected chi connectivity index (χ1v) is 10.2. The van der Waals surface area contributed by atoms with Crippen LogP contribution < -0.4 is 10.6 Å². The maximum absolute atomic E-state index is 5.14. The maximum atomic E-state index is 5.14. The number of aryl methyl sites for hydroxylation is 2. The van der Waals surface area contributed by atoms with Crippen molar-refractivity contribution in [3.63, 3.8) is 0 Å². The number of likely N-dealkylation sites (tertiary alicyclic amines) is 1. The maximum Gasteiger partial charge on any atom is 0.226 e. The van der Waals surface area contributed by atoms with Gasteiger partial charge in [-0.25, -0.2) is 0 Å². The lowest BCUT2D eigenvalue weighted by Crippen LogP contribution is -2.51. The largest absolute Gasteiger partial charge is 0.356 e. The molecule has 1 aromatic heterocycles. The highest BCUT2D eigenvalue weighted by atomic mass is 127. The lowest BCUT2D eigenvalue weighted by molar-refractivity contribution is 0.134. The standard InChI is InChI=1S/C21H32N6O.HI/c1-16-14-19(11-13-27(16)15-18-8-5-4-6-9-18)25-21(22-3)23-12-7-10-20-24-17(2)26-28-20;/h4-6,8-9,16,19H,7,10-15H2,1-3H3,(H2,22,23,25);1H. The summed E-state index contributed by atoms with van der Waals surface area (Å²) in [6, 6.07) is 11.7. The number of nitrogens with one attached hydrogen (secondary N) is 2. The Hall–Kier alpha value is -1.68. The normalized spacial score (nSPS) is 20.2. The molecule has 0 amide bonds. The van der Waals surface area contributed by atoms with Crippen molar-refractivity contribution in [2.75, 3.05) is 20.1 Å². The van der Waals surface area contributed by atoms with E-state index in [-0.39, 0.29) is 24.0 Å². The summed E-state index contributed by atoms with van der Waals surface area (Å²) in [7, 11) is 1.82. The van der Waals surface area contributed by atoms with Crippen LogP contribution in [0.1, 0.15) is 43.5 Å². The second-order valence-corrected chi connectivity index (χ2v) is 7.51. The van der Waals surface area contributed by atoms with Gasteiger partial charge in [-0.05, 0) is 38.7 Å². The molecule has 7 nitrogen and oxygen atoms in total. The molecule has 2 heterocycles. The average Bonchev–Trinajstić information content (AvgIpc) is 3.12. The van der Waals surface area contributed by atoms with Crippen LogP contribution in [0.2, 0.25) is 0 Å². The minimum atomic E-state index is 0. The Bertz CT molecular complexity index is 751. The van der Waals surface area contributed by atoms with Crippen molar-refractivity contribution in [3.05, 3.63) is 47.6 Å². The van der Waals surface area contributed by atoms with Crippen LogP contribution >= 0.6 is 24.0 Å². The molecule has 1 aliphatic rings. The van der Waals surface area contributed by atoms with Crippen LogP contribution in [0.25, 0.3) is 0 Å². The molecule has 0 radical (unpaired) electrons. The summed E-state index contributed by atoms with van der Waals surface area (Å²) in [6.07, 6.45) is 3.95. The topological polar surface area (TPSA) is 78.6 Å². The van der Waals surface area contributed by atoms with Crippen LogP contribution in [0.4, 0.5) is 0 Å². The minimum absolute atomic E-state index is 0. The lowest BCUT2D eigenvalue weighted by atomic mass is 9.97. The van der Waals surface area contributed by atoms with Crippen LogP contribution in [0.5, 0.6) is 0 Å². The van der Waals surface area contributed by atoms with Gasteiger partial charge in [-0.1, -0.05) is 35.5 Å². The van der Waals surface area contributed by atoms with E-state index in [9.17, 15) is 0 Å². The minimum Gasteiger partial charge on any atom is -0.356 e. The fourth-order valence-corrected chi connectivity index (χ4v) is 3.68. The Morgan fingerprint density at radius 1 is 1.31 bits per heavy atom. The number of hydrogen-bond donors (Lipinski definition) is 2. The average molecular weight is 512 g/mol. The highest BCUT2D eigenvalue weighted by molar-refractivity contribution is 14.0. The fraction of sp³-hybridized carbons (Fsp3) is 0.571. The van der Waals surface area contributed by atoms with E-state index in [2.05, 4.69) is 67.9 Å². The molecular formula is C21H33IN6O. The Morgan fingerprint density at radius 3 is 2.76 bits per heavy atom. The van der Waals surface area contributed by atoms with Gasteiger partial charge in [-0.15, -0.1) is 24.0 Å². The second kappa shape index (κ2) is 12.1. The summed E-state index contributed by atoms with van der Waals surface area (Å²) >= 11 is 0. The summed E-state index contributed by atoms with van der Waals surface area (Å²) in [4.78, 5) is 11.2. The number of halogens is 1. The molecule has 2 aromatic rings. The van der Waals surface area contributed by atoms with E-state index in [0.717, 1.165) is 51.3 Å². The van der Waals surface area contributed by atoms with Gasteiger partial charge in [0.2, 0.25) is 5.89 Å². The van der Waals surface area contributed by atoms with Crippen LogP contribution in [-0.2, 0) is 13.0 Å². The summed E-state index contributed by atoms with van der Waals surface area (Å²) in [5.74, 6) is 2.26. The molecule has 1 aliphatic heterocycles. The quantitative estimate of drug-likeness (QED) is 0.257. The summed E-state index contributed by atoms with van der Waals surface area (Å²) in [6.45, 7) is 7.10. The van der Waals surface area contributed by atoms with E-state index in [4.69, 9.17) is 4.52 Å². The molecule has 1 saturated heterocycles. The third-order valence-electron chi connectivity index (χ3n) is 5.24. The molecule has 8 heteroatoms. The van der Waals surface area contributed by atoms with E-state index >= 15 is 0 Å². The molecule has 29 heavy (non-hydrogen) atoms. The second-order valence-electron chi connectivity index (χ2n) is 7.51. The highest BCUT2D eigenvalue weighted by Crippen LogP contribution is 2.19. The van der Waals surface area contributed by atoms with Crippen LogP contribution in [0.3, 0.4) is 0 Å². The summed E-state index contributed by atoms with van der Waals surface area (Å²) < 4.78 is 5.14. The zero-order chi connectivity index (χ0) is 19.8. The first-order chi connectivity index (χ1) is 13.6. The number of hydrogen-bond acceptors (Lipinski definition) is 5. The molecule has 3 rings (SSSR count). The molecule has 1 aromatic carbocycles. The van der Waals surface area contributed by atoms with Crippen molar-refractivity contribution in [1.82, 2.24) is 25.7 Å². The van der Waals surface area contributed by atoms with Crippen molar-refractivity contribution >= 4 is 29.9 Å². The Morgan fingerprint density at radius 2 is 2.10 bits per heavy atom. The fourth-order valence-electron chi connectivity index (χ4n) is 3.68. The number of benzene rings is 1. The summed E-state index contributed by atoms with van der Waals surface area (Å²) in [5.41, 5.74) is 1.38. The molecule has 2 N–H and O–H groups in total. The van der Waals surface area contributed by atoms with Crippen molar-refractivity contribution < 1.29 is 4.52 Å². The number of piperidine rings is 1. The number of aliphatic imine (C=N–C) groups is 1. The Balaban J connectivity index is 0.00000300. The smallest absolute Gasteiger partial charge is 0.226 e. The molecule has 1 fully saturated rings. The van der Waals surface area contributed by atoms with Gasteiger partial charge in [-0.3, -0.25) is 9.89 Å². The van der Waals surface area contributed by atoms with Gasteiger partial charge in [0, 0.05) is 45.2 Å². The predicted octanol–water partition coefficient (Wildman–Crippen LogP) is 3.15. The Kier molecular flexibility index (Phi) is 9.86. The third-order valence-corrected chi connectivity index (χ3v) is 5.24. The third kappa shape index (κ3) is 7.58. The van der Waals surface area contributed by atoms with E-state index < -0.39 is 0 Å². The van der Waals surface area contributed by atoms with Gasteiger partial charge in [0.05, 0.1) is 0 Å². The molecule has 0 bridgehead atoms. The van der Waals surface area contributed by atoms with Gasteiger partial charge in [-0.2, -0.15) is 4.98 Å². The first-order valence-electron chi connectivity index (χ1n) is 10.2. The molecule has 0 spiro atoms. The Labute approximate surface area is 190 Å². The number of nitrogens with zero attached hydrogens (tertiary/aromatic N) is 4. The monoisotopic (exact) mass is 512 g/mol. The van der Waals surface area contributed by atoms with E-state index in [0.29, 0.717) is 23.8 Å². The van der Waals surface area contributed by atoms with Crippen LogP contribution in [0.15, 0.2) is 39.8 Å². The SMILES string of the molecule is CN=C(NCCCc1nc(C)no1)NC1CCN(Cc2ccccc2)C(C)C1.I. The zero-order valence-electron chi connectivity index (χ0n) is 17.6. The van der Waals surface area contributed by atoms with Crippen LogP contribution in [0, 0.1) is 6.92 Å². The summed E-state index contributed by atoms with van der Waals surface area (Å²) in [5, 5.41) is 10.8.